The lowest BCUT2D eigenvalue weighted by Gasteiger charge is -2.09. The van der Waals surface area contributed by atoms with E-state index in [9.17, 15) is 4.79 Å². The van der Waals surface area contributed by atoms with Crippen LogP contribution in [-0.4, -0.2) is 11.8 Å². The summed E-state index contributed by atoms with van der Waals surface area (Å²) in [5, 5.41) is 0. The first-order valence-electron chi connectivity index (χ1n) is 5.46. The largest absolute Gasteiger partial charge is 0.321 e. The lowest BCUT2D eigenvalue weighted by Crippen LogP contribution is -2.32. The highest BCUT2D eigenvalue weighted by Gasteiger charge is 2.12. The quantitative estimate of drug-likeness (QED) is 0.763. The van der Waals surface area contributed by atoms with Crippen LogP contribution >= 0.6 is 0 Å². The topological polar surface area (TPSA) is 43.1 Å². The fourth-order valence-corrected chi connectivity index (χ4v) is 1.48. The minimum atomic E-state index is -0.402. The predicted octanol–water partition coefficient (Wildman–Crippen LogP) is 1.93. The number of hydrogen-bond acceptors (Lipinski definition) is 2. The Hall–Kier alpha value is -1.59. The summed E-state index contributed by atoms with van der Waals surface area (Å²) in [4.78, 5) is 11.6. The van der Waals surface area contributed by atoms with Crippen LogP contribution in [0.5, 0.6) is 0 Å². The van der Waals surface area contributed by atoms with Crippen LogP contribution in [0.25, 0.3) is 0 Å². The summed E-state index contributed by atoms with van der Waals surface area (Å²) < 4.78 is 0. The first-order chi connectivity index (χ1) is 7.74. The maximum Gasteiger partial charge on any atom is 0.150 e. The van der Waals surface area contributed by atoms with Gasteiger partial charge in [0.25, 0.3) is 0 Å². The van der Waals surface area contributed by atoms with Gasteiger partial charge in [-0.05, 0) is 18.9 Å². The number of carbonyl (C=O) groups is 1. The van der Waals surface area contributed by atoms with Gasteiger partial charge in [-0.1, -0.05) is 30.3 Å². The molecule has 0 heterocycles. The smallest absolute Gasteiger partial charge is 0.150 e. The van der Waals surface area contributed by atoms with E-state index in [1.165, 1.54) is 0 Å². The van der Waals surface area contributed by atoms with Crippen molar-refractivity contribution in [2.75, 3.05) is 0 Å². The van der Waals surface area contributed by atoms with Crippen molar-refractivity contribution < 1.29 is 4.79 Å². The molecule has 0 aliphatic carbocycles. The average molecular weight is 215 g/mol. The van der Waals surface area contributed by atoms with Crippen LogP contribution in [0.4, 0.5) is 0 Å². The highest BCUT2D eigenvalue weighted by Crippen LogP contribution is 2.04. The van der Waals surface area contributed by atoms with Gasteiger partial charge >= 0.3 is 0 Å². The third-order valence-corrected chi connectivity index (χ3v) is 2.39. The van der Waals surface area contributed by atoms with Gasteiger partial charge in [-0.15, -0.1) is 11.8 Å². The van der Waals surface area contributed by atoms with E-state index in [2.05, 4.69) is 11.8 Å². The van der Waals surface area contributed by atoms with E-state index in [1.54, 1.807) is 6.92 Å². The molecule has 0 aliphatic rings. The number of benzene rings is 1. The predicted molar refractivity (Wildman–Crippen MR) is 65.8 cm³/mol. The summed E-state index contributed by atoms with van der Waals surface area (Å²) in [6.45, 7) is 1.77. The molecule has 1 atom stereocenters. The molecule has 1 unspecified atom stereocenters. The van der Waals surface area contributed by atoms with Gasteiger partial charge in [0.1, 0.15) is 0 Å². The van der Waals surface area contributed by atoms with Gasteiger partial charge in [-0.3, -0.25) is 4.79 Å². The zero-order valence-corrected chi connectivity index (χ0v) is 9.57. The molecule has 0 aliphatic heterocycles. The van der Waals surface area contributed by atoms with Gasteiger partial charge in [-0.25, -0.2) is 0 Å². The molecule has 2 heteroatoms. The third kappa shape index (κ3) is 4.29. The van der Waals surface area contributed by atoms with Crippen molar-refractivity contribution >= 4 is 5.78 Å². The number of carbonyl (C=O) groups excluding carboxylic acids is 1. The van der Waals surface area contributed by atoms with Gasteiger partial charge < -0.3 is 5.73 Å². The molecule has 1 aromatic rings. The Kier molecular flexibility index (Phi) is 5.31. The summed E-state index contributed by atoms with van der Waals surface area (Å²) in [5.41, 5.74) is 6.94. The van der Waals surface area contributed by atoms with Gasteiger partial charge in [0.2, 0.25) is 0 Å². The molecular weight excluding hydrogens is 198 g/mol. The molecule has 0 spiro atoms. The van der Waals surface area contributed by atoms with Gasteiger partial charge in [0.05, 0.1) is 6.04 Å². The van der Waals surface area contributed by atoms with E-state index in [0.29, 0.717) is 19.3 Å². The molecule has 0 amide bonds. The Labute approximate surface area is 96.9 Å². The average Bonchev–Trinajstić information content (AvgIpc) is 2.30. The fraction of sp³-hybridized carbons (Fsp3) is 0.357. The van der Waals surface area contributed by atoms with Crippen molar-refractivity contribution in [2.45, 2.75) is 32.2 Å². The number of Topliss-reactive ketones (excluding diaryl/α,β-unsaturated/α-hetero) is 1. The highest BCUT2D eigenvalue weighted by molar-refractivity contribution is 5.84. The van der Waals surface area contributed by atoms with Gasteiger partial charge in [-0.2, -0.15) is 0 Å². The zero-order valence-electron chi connectivity index (χ0n) is 9.57. The van der Waals surface area contributed by atoms with Gasteiger partial charge in [0, 0.05) is 12.8 Å². The zero-order chi connectivity index (χ0) is 11.8. The summed E-state index contributed by atoms with van der Waals surface area (Å²) >= 11 is 0. The number of rotatable bonds is 5. The van der Waals surface area contributed by atoms with Crippen LogP contribution < -0.4 is 5.73 Å². The van der Waals surface area contributed by atoms with E-state index in [-0.39, 0.29) is 5.78 Å². The summed E-state index contributed by atoms with van der Waals surface area (Å²) in [5.74, 6) is 5.73. The van der Waals surface area contributed by atoms with E-state index >= 15 is 0 Å². The summed E-state index contributed by atoms with van der Waals surface area (Å²) in [6, 6.07) is 9.43. The van der Waals surface area contributed by atoms with Crippen molar-refractivity contribution in [3.63, 3.8) is 0 Å². The van der Waals surface area contributed by atoms with Crippen molar-refractivity contribution in [3.05, 3.63) is 35.9 Å². The van der Waals surface area contributed by atoms with Crippen molar-refractivity contribution in [2.24, 2.45) is 5.73 Å². The normalized spacial score (nSPS) is 11.4. The Bertz CT molecular complexity index is 386. The fourth-order valence-electron chi connectivity index (χ4n) is 1.48. The van der Waals surface area contributed by atoms with E-state index in [0.717, 1.165) is 5.56 Å². The molecule has 2 nitrogen and oxygen atoms in total. The molecule has 1 aromatic carbocycles. The molecule has 0 saturated heterocycles. The Morgan fingerprint density at radius 3 is 2.69 bits per heavy atom. The van der Waals surface area contributed by atoms with Gasteiger partial charge in [0.15, 0.2) is 5.78 Å². The van der Waals surface area contributed by atoms with Crippen molar-refractivity contribution in [1.82, 2.24) is 0 Å². The van der Waals surface area contributed by atoms with Crippen molar-refractivity contribution in [3.8, 4) is 11.8 Å². The number of ketones is 1. The molecular formula is C14H17NO. The highest BCUT2D eigenvalue weighted by atomic mass is 16.1. The minimum absolute atomic E-state index is 0.0894. The van der Waals surface area contributed by atoms with E-state index in [1.807, 2.05) is 30.3 Å². The molecule has 1 rings (SSSR count). The molecule has 0 bridgehead atoms. The lowest BCUT2D eigenvalue weighted by atomic mass is 10.0. The summed E-state index contributed by atoms with van der Waals surface area (Å²) in [7, 11) is 0. The molecule has 2 N–H and O–H groups in total. The SMILES string of the molecule is CC#CCCC(=O)C(N)Cc1ccccc1. The molecule has 0 radical (unpaired) electrons. The standard InChI is InChI=1S/C14H17NO/c1-2-3-5-10-14(16)13(15)11-12-8-6-4-7-9-12/h4,6-9,13H,5,10-11,15H2,1H3. The first kappa shape index (κ1) is 12.5. The van der Waals surface area contributed by atoms with Crippen LogP contribution in [0.1, 0.15) is 25.3 Å². The van der Waals surface area contributed by atoms with Crippen LogP contribution in [0.15, 0.2) is 30.3 Å². The number of nitrogens with two attached hydrogens (primary N) is 1. The minimum Gasteiger partial charge on any atom is -0.321 e. The first-order valence-corrected chi connectivity index (χ1v) is 5.46. The second-order valence-electron chi connectivity index (χ2n) is 3.69. The lowest BCUT2D eigenvalue weighted by molar-refractivity contribution is -0.120. The molecule has 16 heavy (non-hydrogen) atoms. The van der Waals surface area contributed by atoms with Crippen molar-refractivity contribution in [1.29, 1.82) is 0 Å². The number of hydrogen-bond donors (Lipinski definition) is 1. The Balaban J connectivity index is 2.42. The Morgan fingerprint density at radius 2 is 2.06 bits per heavy atom. The monoisotopic (exact) mass is 215 g/mol. The maximum absolute atomic E-state index is 11.6. The third-order valence-electron chi connectivity index (χ3n) is 2.39. The second kappa shape index (κ2) is 6.81. The van der Waals surface area contributed by atoms with Crippen LogP contribution in [0.3, 0.4) is 0 Å². The Morgan fingerprint density at radius 1 is 1.38 bits per heavy atom. The van der Waals surface area contributed by atoms with Crippen LogP contribution in [0, 0.1) is 11.8 Å². The molecule has 84 valence electrons. The summed E-state index contributed by atoms with van der Waals surface area (Å²) in [6.07, 6.45) is 1.67. The second-order valence-corrected chi connectivity index (χ2v) is 3.69. The van der Waals surface area contributed by atoms with Crippen LogP contribution in [0.2, 0.25) is 0 Å². The maximum atomic E-state index is 11.6. The molecule has 0 aromatic heterocycles. The molecule has 0 fully saturated rings. The van der Waals surface area contributed by atoms with E-state index in [4.69, 9.17) is 5.73 Å². The molecule has 0 saturated carbocycles. The van der Waals surface area contributed by atoms with Crippen LogP contribution in [-0.2, 0) is 11.2 Å². The van der Waals surface area contributed by atoms with E-state index < -0.39 is 6.04 Å².